The summed E-state index contributed by atoms with van der Waals surface area (Å²) in [5.74, 6) is 0. The van der Waals surface area contributed by atoms with Gasteiger partial charge >= 0.3 is 6.55 Å². The number of hydrogen-bond acceptors (Lipinski definition) is 3. The van der Waals surface area contributed by atoms with Crippen molar-refractivity contribution in [2.24, 2.45) is 5.14 Å². The molecule has 0 aliphatic rings. The fourth-order valence-corrected chi connectivity index (χ4v) is 0.773. The molecule has 0 spiro atoms. The van der Waals surface area contributed by atoms with Crippen LogP contribution >= 0.6 is 11.9 Å². The lowest BCUT2D eigenvalue weighted by molar-refractivity contribution is 0.0554. The highest BCUT2D eigenvalue weighted by molar-refractivity contribution is 7.97. The Labute approximate surface area is 60.3 Å². The average Bonchev–Trinajstić information content (AvgIpc) is 2.34. The van der Waals surface area contributed by atoms with Gasteiger partial charge in [-0.2, -0.15) is 13.9 Å². The Bertz CT molecular complexity index is 212. The zero-order valence-corrected chi connectivity index (χ0v) is 5.68. The van der Waals surface area contributed by atoms with E-state index in [1.54, 1.807) is 0 Å². The molecule has 0 aliphatic heterocycles. The van der Waals surface area contributed by atoms with Crippen LogP contribution in [-0.2, 0) is 0 Å². The van der Waals surface area contributed by atoms with E-state index >= 15 is 0 Å². The summed E-state index contributed by atoms with van der Waals surface area (Å²) in [5.41, 5.74) is 0. The average molecular weight is 165 g/mol. The zero-order valence-electron chi connectivity index (χ0n) is 4.87. The van der Waals surface area contributed by atoms with Crippen LogP contribution in [0.4, 0.5) is 8.78 Å². The van der Waals surface area contributed by atoms with Crippen LogP contribution in [0.2, 0.25) is 0 Å². The monoisotopic (exact) mass is 165 g/mol. The standard InChI is InChI=1S/C4H5F2N3S/c5-4(6)9-2-1-3(8-9)10-7/h1-2,4H,7H2. The van der Waals surface area contributed by atoms with Crippen molar-refractivity contribution in [3.8, 4) is 0 Å². The molecule has 6 heteroatoms. The van der Waals surface area contributed by atoms with Gasteiger partial charge in [0.25, 0.3) is 0 Å². The molecule has 0 saturated carbocycles. The molecule has 0 unspecified atom stereocenters. The molecule has 0 saturated heterocycles. The fraction of sp³-hybridized carbons (Fsp3) is 0.250. The highest BCUT2D eigenvalue weighted by Crippen LogP contribution is 2.12. The summed E-state index contributed by atoms with van der Waals surface area (Å²) in [6, 6.07) is 1.43. The van der Waals surface area contributed by atoms with Crippen molar-refractivity contribution >= 4 is 11.9 Å². The maximum atomic E-state index is 11.8. The van der Waals surface area contributed by atoms with Crippen molar-refractivity contribution in [1.82, 2.24) is 9.78 Å². The Morgan fingerprint density at radius 2 is 2.40 bits per heavy atom. The number of halogens is 2. The molecule has 2 N–H and O–H groups in total. The van der Waals surface area contributed by atoms with Gasteiger partial charge in [-0.15, -0.1) is 0 Å². The fourth-order valence-electron chi connectivity index (χ4n) is 0.492. The molecule has 0 aliphatic carbocycles. The number of rotatable bonds is 2. The molecule has 1 aromatic rings. The van der Waals surface area contributed by atoms with E-state index in [0.717, 1.165) is 11.9 Å². The van der Waals surface area contributed by atoms with Gasteiger partial charge in [-0.05, 0) is 18.0 Å². The molecule has 0 radical (unpaired) electrons. The Hall–Kier alpha value is -0.620. The van der Waals surface area contributed by atoms with Crippen LogP contribution in [0.15, 0.2) is 17.3 Å². The first-order valence-electron chi connectivity index (χ1n) is 2.44. The van der Waals surface area contributed by atoms with Crippen molar-refractivity contribution in [3.63, 3.8) is 0 Å². The van der Waals surface area contributed by atoms with E-state index in [4.69, 9.17) is 5.14 Å². The molecule has 3 nitrogen and oxygen atoms in total. The molecule has 56 valence electrons. The zero-order chi connectivity index (χ0) is 7.56. The van der Waals surface area contributed by atoms with Crippen LogP contribution in [0.25, 0.3) is 0 Å². The van der Waals surface area contributed by atoms with Gasteiger partial charge in [0.05, 0.1) is 0 Å². The van der Waals surface area contributed by atoms with Crippen LogP contribution < -0.4 is 5.14 Å². The molecule has 0 fully saturated rings. The Kier molecular flexibility index (Phi) is 2.23. The van der Waals surface area contributed by atoms with E-state index in [1.165, 1.54) is 12.3 Å². The van der Waals surface area contributed by atoms with Crippen LogP contribution in [0, 0.1) is 0 Å². The summed E-state index contributed by atoms with van der Waals surface area (Å²) in [6.45, 7) is -2.58. The summed E-state index contributed by atoms with van der Waals surface area (Å²) in [5, 5.41) is 8.88. The van der Waals surface area contributed by atoms with Gasteiger partial charge in [0.2, 0.25) is 0 Å². The largest absolute Gasteiger partial charge is 0.333 e. The predicted octanol–water partition coefficient (Wildman–Crippen LogP) is 1.24. The highest BCUT2D eigenvalue weighted by Gasteiger charge is 2.05. The van der Waals surface area contributed by atoms with Gasteiger partial charge in [-0.1, -0.05) is 0 Å². The quantitative estimate of drug-likeness (QED) is 0.670. The Morgan fingerprint density at radius 1 is 1.70 bits per heavy atom. The van der Waals surface area contributed by atoms with Crippen molar-refractivity contribution in [1.29, 1.82) is 0 Å². The van der Waals surface area contributed by atoms with E-state index in [-0.39, 0.29) is 0 Å². The SMILES string of the molecule is NSc1ccn(C(F)F)n1. The molecule has 0 aromatic carbocycles. The third-order valence-corrected chi connectivity index (χ3v) is 1.36. The first-order valence-corrected chi connectivity index (χ1v) is 3.32. The normalized spacial score (nSPS) is 10.8. The minimum atomic E-state index is -2.58. The number of nitrogens with zero attached hydrogens (tertiary/aromatic N) is 2. The lowest BCUT2D eigenvalue weighted by atomic mass is 10.7. The maximum absolute atomic E-state index is 11.8. The molecule has 1 aromatic heterocycles. The predicted molar refractivity (Wildman–Crippen MR) is 33.5 cm³/mol. The van der Waals surface area contributed by atoms with E-state index in [9.17, 15) is 8.78 Å². The van der Waals surface area contributed by atoms with Crippen LogP contribution in [-0.4, -0.2) is 9.78 Å². The van der Waals surface area contributed by atoms with Crippen molar-refractivity contribution in [3.05, 3.63) is 12.3 Å². The van der Waals surface area contributed by atoms with E-state index < -0.39 is 6.55 Å². The minimum Gasteiger partial charge on any atom is -0.272 e. The summed E-state index contributed by atoms with van der Waals surface area (Å²) >= 11 is 0.842. The van der Waals surface area contributed by atoms with Gasteiger partial charge in [-0.25, -0.2) is 4.68 Å². The van der Waals surface area contributed by atoms with Gasteiger partial charge in [0.15, 0.2) is 0 Å². The second kappa shape index (κ2) is 2.98. The van der Waals surface area contributed by atoms with Gasteiger partial charge in [0, 0.05) is 6.20 Å². The third kappa shape index (κ3) is 1.45. The van der Waals surface area contributed by atoms with E-state index in [0.29, 0.717) is 9.71 Å². The first-order chi connectivity index (χ1) is 4.74. The Morgan fingerprint density at radius 3 is 2.70 bits per heavy atom. The summed E-state index contributed by atoms with van der Waals surface area (Å²) in [6.07, 6.45) is 1.18. The van der Waals surface area contributed by atoms with Crippen LogP contribution in [0.5, 0.6) is 0 Å². The molecular weight excluding hydrogens is 160 g/mol. The second-order valence-corrected chi connectivity index (χ2v) is 2.18. The van der Waals surface area contributed by atoms with Gasteiger partial charge in [0.1, 0.15) is 5.03 Å². The van der Waals surface area contributed by atoms with Crippen LogP contribution in [0.1, 0.15) is 6.55 Å². The molecule has 0 bridgehead atoms. The number of hydrogen-bond donors (Lipinski definition) is 1. The van der Waals surface area contributed by atoms with Crippen molar-refractivity contribution < 1.29 is 8.78 Å². The molecule has 1 heterocycles. The maximum Gasteiger partial charge on any atom is 0.333 e. The Balaban J connectivity index is 2.78. The van der Waals surface area contributed by atoms with E-state index in [2.05, 4.69) is 5.10 Å². The molecule has 0 atom stereocenters. The highest BCUT2D eigenvalue weighted by atomic mass is 32.2. The third-order valence-electron chi connectivity index (χ3n) is 0.905. The van der Waals surface area contributed by atoms with E-state index in [1.807, 2.05) is 0 Å². The smallest absolute Gasteiger partial charge is 0.272 e. The number of aromatic nitrogens is 2. The number of nitrogens with two attached hydrogens (primary N) is 1. The molecule has 1 rings (SSSR count). The molecule has 10 heavy (non-hydrogen) atoms. The topological polar surface area (TPSA) is 43.8 Å². The second-order valence-electron chi connectivity index (χ2n) is 1.53. The van der Waals surface area contributed by atoms with Crippen molar-refractivity contribution in [2.75, 3.05) is 0 Å². The lowest BCUT2D eigenvalue weighted by Gasteiger charge is -1.94. The first kappa shape index (κ1) is 7.49. The van der Waals surface area contributed by atoms with Crippen molar-refractivity contribution in [2.45, 2.75) is 11.6 Å². The summed E-state index contributed by atoms with van der Waals surface area (Å²) < 4.78 is 24.1. The lowest BCUT2D eigenvalue weighted by Crippen LogP contribution is -1.98. The summed E-state index contributed by atoms with van der Waals surface area (Å²) in [4.78, 5) is 0. The molecule has 0 amide bonds. The minimum absolute atomic E-state index is 0.389. The van der Waals surface area contributed by atoms with Gasteiger partial charge in [-0.3, -0.25) is 5.14 Å². The molecular formula is C4H5F2N3S. The number of alkyl halides is 2. The van der Waals surface area contributed by atoms with Gasteiger partial charge < -0.3 is 0 Å². The summed E-state index contributed by atoms with van der Waals surface area (Å²) in [7, 11) is 0. The van der Waals surface area contributed by atoms with Crippen LogP contribution in [0.3, 0.4) is 0 Å².